The molecule has 1 heterocycles. The van der Waals surface area contributed by atoms with E-state index >= 15 is 0 Å². The highest BCUT2D eigenvalue weighted by Gasteiger charge is 2.16. The van der Waals surface area contributed by atoms with Crippen LogP contribution in [0.2, 0.25) is 0 Å². The highest BCUT2D eigenvalue weighted by atomic mass is 16.6. The quantitative estimate of drug-likeness (QED) is 0.702. The number of nitrogens with zero attached hydrogens (tertiary/aromatic N) is 2. The van der Waals surface area contributed by atoms with Crippen molar-refractivity contribution in [3.05, 3.63) is 48.5 Å². The zero-order chi connectivity index (χ0) is 20.6. The van der Waals surface area contributed by atoms with Crippen LogP contribution in [0.4, 0.5) is 16.2 Å². The second-order valence-corrected chi connectivity index (χ2v) is 6.85. The number of alkyl carbamates (subject to hydrolysis) is 1. The fourth-order valence-corrected chi connectivity index (χ4v) is 2.06. The standard InChI is InChI=1S/C19H23N5O4/c1-19(2,3)28-18(27)22-9-8-16(25)23-13-4-6-14(7-5-13)24-17(26)15-12-20-10-11-21-15/h4-7,10-12H,8-9H2,1-3H3,(H,22,27)(H,23,25)(H,24,26). The van der Waals surface area contributed by atoms with Gasteiger partial charge >= 0.3 is 6.09 Å². The summed E-state index contributed by atoms with van der Waals surface area (Å²) >= 11 is 0. The van der Waals surface area contributed by atoms with Crippen molar-refractivity contribution in [2.75, 3.05) is 17.2 Å². The molecule has 0 saturated carbocycles. The molecule has 0 atom stereocenters. The second kappa shape index (κ2) is 9.45. The van der Waals surface area contributed by atoms with Crippen molar-refractivity contribution in [2.24, 2.45) is 0 Å². The lowest BCUT2D eigenvalue weighted by atomic mass is 10.2. The average molecular weight is 385 g/mol. The molecule has 0 aliphatic heterocycles. The minimum absolute atomic E-state index is 0.102. The molecule has 0 aliphatic rings. The van der Waals surface area contributed by atoms with E-state index in [1.54, 1.807) is 45.0 Å². The Morgan fingerprint density at radius 3 is 2.21 bits per heavy atom. The lowest BCUT2D eigenvalue weighted by molar-refractivity contribution is -0.116. The van der Waals surface area contributed by atoms with Crippen molar-refractivity contribution < 1.29 is 19.1 Å². The molecule has 9 nitrogen and oxygen atoms in total. The molecule has 148 valence electrons. The van der Waals surface area contributed by atoms with Crippen molar-refractivity contribution in [3.63, 3.8) is 0 Å². The van der Waals surface area contributed by atoms with Crippen molar-refractivity contribution in [1.29, 1.82) is 0 Å². The maximum atomic E-state index is 12.0. The van der Waals surface area contributed by atoms with E-state index in [-0.39, 0.29) is 30.5 Å². The van der Waals surface area contributed by atoms with Gasteiger partial charge in [0.1, 0.15) is 11.3 Å². The normalized spacial score (nSPS) is 10.7. The Labute approximate surface area is 162 Å². The number of hydrogen-bond donors (Lipinski definition) is 3. The maximum Gasteiger partial charge on any atom is 0.407 e. The number of anilines is 2. The fraction of sp³-hybridized carbons (Fsp3) is 0.316. The molecule has 3 N–H and O–H groups in total. The van der Waals surface area contributed by atoms with Crippen molar-refractivity contribution >= 4 is 29.3 Å². The van der Waals surface area contributed by atoms with Crippen LogP contribution in [0.1, 0.15) is 37.7 Å². The van der Waals surface area contributed by atoms with Gasteiger partial charge in [-0.05, 0) is 45.0 Å². The number of ether oxygens (including phenoxy) is 1. The van der Waals surface area contributed by atoms with E-state index in [1.165, 1.54) is 18.6 Å². The van der Waals surface area contributed by atoms with Gasteiger partial charge in [-0.2, -0.15) is 0 Å². The maximum absolute atomic E-state index is 12.0. The number of carbonyl (C=O) groups excluding carboxylic acids is 3. The molecule has 0 bridgehead atoms. The van der Waals surface area contributed by atoms with Crippen molar-refractivity contribution in [2.45, 2.75) is 32.8 Å². The van der Waals surface area contributed by atoms with E-state index in [4.69, 9.17) is 4.74 Å². The minimum Gasteiger partial charge on any atom is -0.444 e. The highest BCUT2D eigenvalue weighted by molar-refractivity contribution is 6.02. The SMILES string of the molecule is CC(C)(C)OC(=O)NCCC(=O)Nc1ccc(NC(=O)c2cnccn2)cc1. The topological polar surface area (TPSA) is 122 Å². The van der Waals surface area contributed by atoms with Gasteiger partial charge in [-0.15, -0.1) is 0 Å². The van der Waals surface area contributed by atoms with Crippen molar-refractivity contribution in [3.8, 4) is 0 Å². The van der Waals surface area contributed by atoms with Gasteiger partial charge in [0.05, 0.1) is 6.20 Å². The van der Waals surface area contributed by atoms with Crippen LogP contribution >= 0.6 is 0 Å². The predicted octanol–water partition coefficient (Wildman–Crippen LogP) is 2.58. The average Bonchev–Trinajstić information content (AvgIpc) is 2.62. The monoisotopic (exact) mass is 385 g/mol. The first-order valence-electron chi connectivity index (χ1n) is 8.67. The largest absolute Gasteiger partial charge is 0.444 e. The smallest absolute Gasteiger partial charge is 0.407 e. The number of aromatic nitrogens is 2. The van der Waals surface area contributed by atoms with E-state index in [0.29, 0.717) is 11.4 Å². The van der Waals surface area contributed by atoms with Gasteiger partial charge in [0.2, 0.25) is 5.91 Å². The number of nitrogens with one attached hydrogen (secondary N) is 3. The number of carbonyl (C=O) groups is 3. The molecular weight excluding hydrogens is 362 g/mol. The first-order chi connectivity index (χ1) is 13.2. The summed E-state index contributed by atoms with van der Waals surface area (Å²) in [4.78, 5) is 43.2. The van der Waals surface area contributed by atoms with Gasteiger partial charge in [0.25, 0.3) is 5.91 Å². The lowest BCUT2D eigenvalue weighted by Gasteiger charge is -2.19. The van der Waals surface area contributed by atoms with Crippen LogP contribution in [0.15, 0.2) is 42.9 Å². The zero-order valence-corrected chi connectivity index (χ0v) is 16.0. The van der Waals surface area contributed by atoms with Gasteiger partial charge in [-0.3, -0.25) is 14.6 Å². The lowest BCUT2D eigenvalue weighted by Crippen LogP contribution is -2.34. The van der Waals surface area contributed by atoms with Crippen LogP contribution in [0.25, 0.3) is 0 Å². The van der Waals surface area contributed by atoms with E-state index in [9.17, 15) is 14.4 Å². The molecule has 1 aromatic heterocycles. The summed E-state index contributed by atoms with van der Waals surface area (Å²) in [6.07, 6.45) is 3.82. The number of benzene rings is 1. The van der Waals surface area contributed by atoms with Crippen LogP contribution in [0.5, 0.6) is 0 Å². The molecule has 0 saturated heterocycles. The highest BCUT2D eigenvalue weighted by Crippen LogP contribution is 2.14. The summed E-state index contributed by atoms with van der Waals surface area (Å²) < 4.78 is 5.09. The molecule has 2 rings (SSSR count). The predicted molar refractivity (Wildman–Crippen MR) is 104 cm³/mol. The van der Waals surface area contributed by atoms with Gasteiger partial charge in [0.15, 0.2) is 0 Å². The van der Waals surface area contributed by atoms with Crippen LogP contribution in [-0.2, 0) is 9.53 Å². The third-order valence-corrected chi connectivity index (χ3v) is 3.24. The number of rotatable bonds is 6. The van der Waals surface area contributed by atoms with E-state index < -0.39 is 11.7 Å². The van der Waals surface area contributed by atoms with Gasteiger partial charge in [-0.1, -0.05) is 0 Å². The van der Waals surface area contributed by atoms with Gasteiger partial charge in [-0.25, -0.2) is 9.78 Å². The zero-order valence-electron chi connectivity index (χ0n) is 16.0. The first kappa shape index (κ1) is 20.8. The van der Waals surface area contributed by atoms with E-state index in [1.807, 2.05) is 0 Å². The summed E-state index contributed by atoms with van der Waals surface area (Å²) in [5.41, 5.74) is 0.744. The van der Waals surface area contributed by atoms with Gasteiger partial charge < -0.3 is 20.7 Å². The molecule has 0 spiro atoms. The Kier molecular flexibility index (Phi) is 7.02. The molecular formula is C19H23N5O4. The summed E-state index contributed by atoms with van der Waals surface area (Å²) in [6.45, 7) is 5.45. The molecule has 0 unspecified atom stereocenters. The molecule has 1 aromatic carbocycles. The van der Waals surface area contributed by atoms with Crippen LogP contribution in [0, 0.1) is 0 Å². The minimum atomic E-state index is -0.587. The van der Waals surface area contributed by atoms with Crippen LogP contribution < -0.4 is 16.0 Å². The molecule has 3 amide bonds. The van der Waals surface area contributed by atoms with Crippen molar-refractivity contribution in [1.82, 2.24) is 15.3 Å². The third-order valence-electron chi connectivity index (χ3n) is 3.24. The summed E-state index contributed by atoms with van der Waals surface area (Å²) in [5, 5.41) is 7.92. The Bertz CT molecular complexity index is 816. The summed E-state index contributed by atoms with van der Waals surface area (Å²) in [7, 11) is 0. The van der Waals surface area contributed by atoms with Crippen LogP contribution in [-0.4, -0.2) is 40.0 Å². The van der Waals surface area contributed by atoms with Gasteiger partial charge in [0, 0.05) is 36.7 Å². The third kappa shape index (κ3) is 7.40. The first-order valence-corrected chi connectivity index (χ1v) is 8.67. The number of amides is 3. The summed E-state index contributed by atoms with van der Waals surface area (Å²) in [6, 6.07) is 6.63. The fourth-order valence-electron chi connectivity index (χ4n) is 2.06. The second-order valence-electron chi connectivity index (χ2n) is 6.85. The molecule has 0 aliphatic carbocycles. The summed E-state index contributed by atoms with van der Waals surface area (Å²) in [5.74, 6) is -0.634. The molecule has 2 aromatic rings. The number of hydrogen-bond acceptors (Lipinski definition) is 6. The Balaban J connectivity index is 1.76. The molecule has 0 radical (unpaired) electrons. The van der Waals surface area contributed by atoms with Crippen LogP contribution in [0.3, 0.4) is 0 Å². The Morgan fingerprint density at radius 1 is 1.00 bits per heavy atom. The Hall–Kier alpha value is -3.49. The molecule has 9 heteroatoms. The van der Waals surface area contributed by atoms with E-state index in [2.05, 4.69) is 25.9 Å². The molecule has 0 fully saturated rings. The Morgan fingerprint density at radius 2 is 1.64 bits per heavy atom. The molecule has 28 heavy (non-hydrogen) atoms. The van der Waals surface area contributed by atoms with E-state index in [0.717, 1.165) is 0 Å².